The maximum Gasteiger partial charge on any atom is 0.264 e. The molecule has 0 heterocycles. The number of benzene rings is 4. The second kappa shape index (κ2) is 16.1. The molecule has 4 rings (SSSR count). The van der Waals surface area contributed by atoms with E-state index in [9.17, 15) is 18.0 Å². The van der Waals surface area contributed by atoms with Crippen LogP contribution in [0.2, 0.25) is 15.1 Å². The van der Waals surface area contributed by atoms with E-state index in [0.717, 1.165) is 22.7 Å². The van der Waals surface area contributed by atoms with Gasteiger partial charge in [-0.05, 0) is 53.9 Å². The first-order valence-corrected chi connectivity index (χ1v) is 17.1. The Balaban J connectivity index is 1.81. The number of halogens is 3. The number of amides is 2. The average molecular weight is 687 g/mol. The number of carbonyl (C=O) groups excluding carboxylic acids is 2. The summed E-state index contributed by atoms with van der Waals surface area (Å²) in [5.74, 6) is -0.960. The number of nitrogens with one attached hydrogen (secondary N) is 1. The molecule has 0 aliphatic carbocycles. The highest BCUT2D eigenvalue weighted by molar-refractivity contribution is 7.92. The lowest BCUT2D eigenvalue weighted by molar-refractivity contribution is -0.140. The van der Waals surface area contributed by atoms with E-state index in [1.807, 2.05) is 37.3 Å². The molecule has 7 nitrogen and oxygen atoms in total. The fraction of sp³-hybridized carbons (Fsp3) is 0.235. The van der Waals surface area contributed by atoms with Crippen LogP contribution in [0.4, 0.5) is 5.69 Å². The molecule has 0 saturated carbocycles. The van der Waals surface area contributed by atoms with Crippen LogP contribution in [-0.4, -0.2) is 44.3 Å². The van der Waals surface area contributed by atoms with Gasteiger partial charge in [-0.2, -0.15) is 0 Å². The van der Waals surface area contributed by atoms with Crippen LogP contribution in [0.15, 0.2) is 108 Å². The van der Waals surface area contributed by atoms with Gasteiger partial charge >= 0.3 is 0 Å². The van der Waals surface area contributed by atoms with Gasteiger partial charge in [0.25, 0.3) is 10.0 Å². The van der Waals surface area contributed by atoms with Crippen molar-refractivity contribution in [2.24, 2.45) is 0 Å². The van der Waals surface area contributed by atoms with Crippen LogP contribution in [0.25, 0.3) is 0 Å². The van der Waals surface area contributed by atoms with E-state index in [4.69, 9.17) is 34.8 Å². The number of carbonyl (C=O) groups is 2. The third-order valence-corrected chi connectivity index (χ3v) is 9.97. The lowest BCUT2D eigenvalue weighted by atomic mass is 10.0. The van der Waals surface area contributed by atoms with Crippen molar-refractivity contribution in [1.29, 1.82) is 0 Å². The lowest BCUT2D eigenvalue weighted by Crippen LogP contribution is -2.53. The molecule has 4 aromatic carbocycles. The van der Waals surface area contributed by atoms with Crippen molar-refractivity contribution in [2.45, 2.75) is 43.7 Å². The van der Waals surface area contributed by atoms with E-state index in [0.29, 0.717) is 17.1 Å². The van der Waals surface area contributed by atoms with Crippen LogP contribution in [0.1, 0.15) is 30.9 Å². The van der Waals surface area contributed by atoms with Gasteiger partial charge in [0, 0.05) is 24.5 Å². The van der Waals surface area contributed by atoms with Gasteiger partial charge < -0.3 is 10.2 Å². The van der Waals surface area contributed by atoms with Gasteiger partial charge in [-0.3, -0.25) is 13.9 Å². The second-order valence-electron chi connectivity index (χ2n) is 10.4. The first-order valence-electron chi connectivity index (χ1n) is 14.5. The van der Waals surface area contributed by atoms with Crippen molar-refractivity contribution in [1.82, 2.24) is 10.2 Å². The average Bonchev–Trinajstić information content (AvgIpc) is 3.04. The molecule has 0 aromatic heterocycles. The lowest BCUT2D eigenvalue weighted by Gasteiger charge is -2.34. The quantitative estimate of drug-likeness (QED) is 0.140. The highest BCUT2D eigenvalue weighted by Gasteiger charge is 2.35. The van der Waals surface area contributed by atoms with Crippen LogP contribution in [0, 0.1) is 0 Å². The summed E-state index contributed by atoms with van der Waals surface area (Å²) >= 11 is 19.1. The zero-order valence-electron chi connectivity index (χ0n) is 24.7. The third kappa shape index (κ3) is 9.01. The number of nitrogens with zero attached hydrogens (tertiary/aromatic N) is 2. The molecule has 0 bridgehead atoms. The first-order chi connectivity index (χ1) is 21.6. The van der Waals surface area contributed by atoms with E-state index in [1.54, 1.807) is 48.5 Å². The molecule has 1 N–H and O–H groups in total. The monoisotopic (exact) mass is 685 g/mol. The van der Waals surface area contributed by atoms with Crippen LogP contribution >= 0.6 is 34.8 Å². The Morgan fingerprint density at radius 3 is 2.13 bits per heavy atom. The molecule has 0 fully saturated rings. The summed E-state index contributed by atoms with van der Waals surface area (Å²) in [5.41, 5.74) is 1.55. The Kier molecular flexibility index (Phi) is 12.3. The number of rotatable bonds is 14. The zero-order valence-corrected chi connectivity index (χ0v) is 27.8. The topological polar surface area (TPSA) is 86.8 Å². The molecular weight excluding hydrogens is 653 g/mol. The summed E-state index contributed by atoms with van der Waals surface area (Å²) in [6.45, 7) is 1.81. The molecule has 1 atom stereocenters. The van der Waals surface area contributed by atoms with Crippen LogP contribution in [0.3, 0.4) is 0 Å². The Morgan fingerprint density at radius 2 is 1.47 bits per heavy atom. The fourth-order valence-corrected chi connectivity index (χ4v) is 6.92. The Labute approximate surface area is 279 Å². The predicted octanol–water partition coefficient (Wildman–Crippen LogP) is 7.40. The Hall–Kier alpha value is -3.56. The maximum atomic E-state index is 14.5. The summed E-state index contributed by atoms with van der Waals surface area (Å²) < 4.78 is 29.1. The van der Waals surface area contributed by atoms with E-state index < -0.39 is 28.5 Å². The van der Waals surface area contributed by atoms with Crippen molar-refractivity contribution in [3.8, 4) is 0 Å². The van der Waals surface area contributed by atoms with Gasteiger partial charge in [0.05, 0.1) is 20.6 Å². The SMILES string of the molecule is CCCCNC(=O)C(Cc1ccccc1)N(Cc1cccc(Cl)c1)C(=O)CN(c1cccc(Cl)c1Cl)S(=O)(=O)c1ccccc1. The predicted molar refractivity (Wildman–Crippen MR) is 181 cm³/mol. The van der Waals surface area contributed by atoms with Crippen LogP contribution < -0.4 is 9.62 Å². The van der Waals surface area contributed by atoms with Crippen molar-refractivity contribution in [2.75, 3.05) is 17.4 Å². The number of sulfonamides is 1. The van der Waals surface area contributed by atoms with Crippen molar-refractivity contribution in [3.05, 3.63) is 129 Å². The van der Waals surface area contributed by atoms with Gasteiger partial charge in [-0.25, -0.2) is 8.42 Å². The van der Waals surface area contributed by atoms with Crippen LogP contribution in [0.5, 0.6) is 0 Å². The maximum absolute atomic E-state index is 14.5. The number of hydrogen-bond donors (Lipinski definition) is 1. The molecule has 0 spiro atoms. The summed E-state index contributed by atoms with van der Waals surface area (Å²) in [4.78, 5) is 29.7. The zero-order chi connectivity index (χ0) is 32.4. The number of anilines is 1. The summed E-state index contributed by atoms with van der Waals surface area (Å²) in [6, 6.07) is 27.7. The smallest absolute Gasteiger partial charge is 0.264 e. The normalized spacial score (nSPS) is 11.9. The van der Waals surface area contributed by atoms with Gasteiger partial charge in [-0.1, -0.05) is 115 Å². The van der Waals surface area contributed by atoms with Crippen molar-refractivity contribution < 1.29 is 18.0 Å². The first kappa shape index (κ1) is 34.3. The Morgan fingerprint density at radius 1 is 0.822 bits per heavy atom. The minimum Gasteiger partial charge on any atom is -0.354 e. The van der Waals surface area contributed by atoms with E-state index >= 15 is 0 Å². The molecule has 0 aliphatic rings. The van der Waals surface area contributed by atoms with E-state index in [2.05, 4.69) is 5.32 Å². The minimum absolute atomic E-state index is 0.000589. The van der Waals surface area contributed by atoms with Crippen LogP contribution in [-0.2, 0) is 32.6 Å². The van der Waals surface area contributed by atoms with E-state index in [1.165, 1.54) is 29.2 Å². The summed E-state index contributed by atoms with van der Waals surface area (Å²) in [7, 11) is -4.30. The molecule has 1 unspecified atom stereocenters. The van der Waals surface area contributed by atoms with Gasteiger partial charge in [0.2, 0.25) is 11.8 Å². The molecule has 0 saturated heterocycles. The molecule has 45 heavy (non-hydrogen) atoms. The Bertz CT molecular complexity index is 1710. The molecule has 0 aliphatic heterocycles. The molecule has 4 aromatic rings. The van der Waals surface area contributed by atoms with Gasteiger partial charge in [0.15, 0.2) is 0 Å². The molecule has 11 heteroatoms. The summed E-state index contributed by atoms with van der Waals surface area (Å²) in [5, 5.41) is 3.53. The number of hydrogen-bond acceptors (Lipinski definition) is 4. The fourth-order valence-electron chi connectivity index (χ4n) is 4.81. The molecule has 0 radical (unpaired) electrons. The third-order valence-electron chi connectivity index (χ3n) is 7.15. The minimum atomic E-state index is -4.30. The van der Waals surface area contributed by atoms with Crippen molar-refractivity contribution >= 4 is 62.3 Å². The molecule has 236 valence electrons. The standard InChI is InChI=1S/C34H34Cl3N3O4S/c1-2-3-20-38-34(42)31(22-25-12-6-4-7-13-25)39(23-26-14-10-15-27(35)21-26)32(41)24-40(30-19-11-18-29(36)33(30)37)45(43,44)28-16-8-5-9-17-28/h4-19,21,31H,2-3,20,22-24H2,1H3,(H,38,42). The van der Waals surface area contributed by atoms with Gasteiger partial charge in [0.1, 0.15) is 12.6 Å². The van der Waals surface area contributed by atoms with Crippen molar-refractivity contribution in [3.63, 3.8) is 0 Å². The van der Waals surface area contributed by atoms with Gasteiger partial charge in [-0.15, -0.1) is 0 Å². The molecular formula is C34H34Cl3N3O4S. The second-order valence-corrected chi connectivity index (χ2v) is 13.5. The number of unbranched alkanes of at least 4 members (excludes halogenated alkanes) is 1. The van der Waals surface area contributed by atoms with E-state index in [-0.39, 0.29) is 39.5 Å². The molecule has 2 amide bonds. The highest BCUT2D eigenvalue weighted by atomic mass is 35.5. The largest absolute Gasteiger partial charge is 0.354 e. The highest BCUT2D eigenvalue weighted by Crippen LogP contribution is 2.35. The summed E-state index contributed by atoms with van der Waals surface area (Å²) in [6.07, 6.45) is 1.85.